The third kappa shape index (κ3) is 3.98. The lowest BCUT2D eigenvalue weighted by Gasteiger charge is -2.11. The van der Waals surface area contributed by atoms with Crippen molar-refractivity contribution in [2.24, 2.45) is 5.73 Å². The van der Waals surface area contributed by atoms with Gasteiger partial charge in [0.2, 0.25) is 0 Å². The zero-order valence-corrected chi connectivity index (χ0v) is 10.6. The molecule has 0 bridgehead atoms. The van der Waals surface area contributed by atoms with E-state index in [1.807, 2.05) is 31.2 Å². The largest absolute Gasteiger partial charge is 0.360 e. The normalized spacial score (nSPS) is 12.6. The van der Waals surface area contributed by atoms with E-state index < -0.39 is 0 Å². The van der Waals surface area contributed by atoms with E-state index in [1.165, 1.54) is 5.56 Å². The van der Waals surface area contributed by atoms with Crippen molar-refractivity contribution in [3.8, 4) is 0 Å². The van der Waals surface area contributed by atoms with E-state index in [1.54, 1.807) is 0 Å². The highest BCUT2D eigenvalue weighted by molar-refractivity contribution is 5.15. The molecular formula is C14H19N3O. The average Bonchev–Trinajstić information content (AvgIpc) is 2.76. The van der Waals surface area contributed by atoms with Crippen LogP contribution < -0.4 is 11.1 Å². The van der Waals surface area contributed by atoms with Crippen molar-refractivity contribution < 1.29 is 4.52 Å². The first kappa shape index (κ1) is 12.8. The minimum Gasteiger partial charge on any atom is -0.360 e. The maximum absolute atomic E-state index is 6.07. The summed E-state index contributed by atoms with van der Waals surface area (Å²) in [4.78, 5) is 0. The molecule has 2 rings (SSSR count). The Morgan fingerprint density at radius 1 is 1.33 bits per heavy atom. The molecule has 0 saturated heterocycles. The fourth-order valence-corrected chi connectivity index (χ4v) is 1.87. The van der Waals surface area contributed by atoms with Gasteiger partial charge in [0.05, 0.1) is 12.2 Å². The Bertz CT molecular complexity index is 467. The molecule has 0 aliphatic heterocycles. The van der Waals surface area contributed by atoms with Gasteiger partial charge in [0.1, 0.15) is 0 Å². The van der Waals surface area contributed by atoms with Crippen LogP contribution in [0.1, 0.15) is 17.0 Å². The van der Waals surface area contributed by atoms with E-state index >= 15 is 0 Å². The van der Waals surface area contributed by atoms with Gasteiger partial charge in [0, 0.05) is 18.7 Å². The number of nitrogens with two attached hydrogens (primary N) is 1. The molecule has 0 fully saturated rings. The third-order valence-corrected chi connectivity index (χ3v) is 2.72. The van der Waals surface area contributed by atoms with Crippen LogP contribution in [0.2, 0.25) is 0 Å². The van der Waals surface area contributed by atoms with E-state index in [4.69, 9.17) is 10.3 Å². The number of aryl methyl sites for hydroxylation is 1. The highest BCUT2D eigenvalue weighted by Crippen LogP contribution is 2.03. The van der Waals surface area contributed by atoms with Crippen LogP contribution in [-0.2, 0) is 13.0 Å². The Morgan fingerprint density at radius 2 is 2.11 bits per heavy atom. The summed E-state index contributed by atoms with van der Waals surface area (Å²) in [6, 6.07) is 12.3. The molecule has 3 N–H and O–H groups in total. The van der Waals surface area contributed by atoms with Crippen LogP contribution in [-0.4, -0.2) is 17.7 Å². The second-order valence-electron chi connectivity index (χ2n) is 4.52. The molecule has 1 unspecified atom stereocenters. The molecule has 0 spiro atoms. The Hall–Kier alpha value is -1.65. The minimum atomic E-state index is 0.108. The van der Waals surface area contributed by atoms with E-state index in [2.05, 4.69) is 22.6 Å². The van der Waals surface area contributed by atoms with Gasteiger partial charge in [-0.2, -0.15) is 0 Å². The Balaban J connectivity index is 1.70. The third-order valence-electron chi connectivity index (χ3n) is 2.72. The summed E-state index contributed by atoms with van der Waals surface area (Å²) in [7, 11) is 0. The lowest BCUT2D eigenvalue weighted by atomic mass is 10.1. The lowest BCUT2D eigenvalue weighted by molar-refractivity contribution is 0.367. The molecule has 0 amide bonds. The summed E-state index contributed by atoms with van der Waals surface area (Å²) in [5, 5.41) is 7.11. The van der Waals surface area contributed by atoms with Gasteiger partial charge in [-0.15, -0.1) is 0 Å². The first-order chi connectivity index (χ1) is 8.74. The van der Waals surface area contributed by atoms with E-state index in [-0.39, 0.29) is 6.04 Å². The van der Waals surface area contributed by atoms with Gasteiger partial charge in [-0.25, -0.2) is 0 Å². The zero-order valence-electron chi connectivity index (χ0n) is 10.6. The van der Waals surface area contributed by atoms with Gasteiger partial charge in [-0.1, -0.05) is 35.5 Å². The average molecular weight is 245 g/mol. The van der Waals surface area contributed by atoms with Gasteiger partial charge < -0.3 is 15.6 Å². The molecule has 18 heavy (non-hydrogen) atoms. The van der Waals surface area contributed by atoms with Gasteiger partial charge in [-0.05, 0) is 18.9 Å². The number of benzene rings is 1. The highest BCUT2D eigenvalue weighted by atomic mass is 16.5. The van der Waals surface area contributed by atoms with Crippen LogP contribution in [0.4, 0.5) is 0 Å². The fourth-order valence-electron chi connectivity index (χ4n) is 1.87. The van der Waals surface area contributed by atoms with Crippen LogP contribution in [0.5, 0.6) is 0 Å². The molecule has 0 saturated carbocycles. The first-order valence-corrected chi connectivity index (χ1v) is 6.16. The predicted octanol–water partition coefficient (Wildman–Crippen LogP) is 1.64. The van der Waals surface area contributed by atoms with Crippen molar-refractivity contribution in [2.75, 3.05) is 6.54 Å². The van der Waals surface area contributed by atoms with Gasteiger partial charge in [0.15, 0.2) is 5.76 Å². The summed E-state index contributed by atoms with van der Waals surface area (Å²) in [6.45, 7) is 3.34. The summed E-state index contributed by atoms with van der Waals surface area (Å²) in [5.74, 6) is 0.847. The monoisotopic (exact) mass is 245 g/mol. The summed E-state index contributed by atoms with van der Waals surface area (Å²) >= 11 is 0. The first-order valence-electron chi connectivity index (χ1n) is 6.16. The van der Waals surface area contributed by atoms with Crippen LogP contribution in [0, 0.1) is 6.92 Å². The Labute approximate surface area is 107 Å². The van der Waals surface area contributed by atoms with Gasteiger partial charge in [0.25, 0.3) is 0 Å². The standard InChI is InChI=1S/C14H19N3O/c1-11-7-14(18-17-11)10-16-9-13(15)8-12-5-3-2-4-6-12/h2-7,13,16H,8-10,15H2,1H3. The molecule has 4 nitrogen and oxygen atoms in total. The topological polar surface area (TPSA) is 64.1 Å². The highest BCUT2D eigenvalue weighted by Gasteiger charge is 2.05. The molecule has 1 aromatic heterocycles. The van der Waals surface area contributed by atoms with Crippen molar-refractivity contribution in [2.45, 2.75) is 25.9 Å². The maximum atomic E-state index is 6.07. The van der Waals surface area contributed by atoms with Crippen LogP contribution in [0.3, 0.4) is 0 Å². The molecule has 0 aliphatic carbocycles. The van der Waals surface area contributed by atoms with E-state index in [9.17, 15) is 0 Å². The number of hydrogen-bond acceptors (Lipinski definition) is 4. The molecule has 0 aliphatic rings. The molecule has 1 aromatic carbocycles. The number of rotatable bonds is 6. The van der Waals surface area contributed by atoms with Crippen molar-refractivity contribution in [3.63, 3.8) is 0 Å². The van der Waals surface area contributed by atoms with Crippen LogP contribution in [0.25, 0.3) is 0 Å². The summed E-state index contributed by atoms with van der Waals surface area (Å²) in [5.41, 5.74) is 8.24. The SMILES string of the molecule is Cc1cc(CNCC(N)Cc2ccccc2)on1. The Morgan fingerprint density at radius 3 is 2.78 bits per heavy atom. The molecule has 1 heterocycles. The molecule has 1 atom stereocenters. The Kier molecular flexibility index (Phi) is 4.50. The quantitative estimate of drug-likeness (QED) is 0.812. The second kappa shape index (κ2) is 6.33. The molecular weight excluding hydrogens is 226 g/mol. The van der Waals surface area contributed by atoms with Crippen molar-refractivity contribution in [1.29, 1.82) is 0 Å². The van der Waals surface area contributed by atoms with Crippen molar-refractivity contribution >= 4 is 0 Å². The lowest BCUT2D eigenvalue weighted by Crippen LogP contribution is -2.35. The van der Waals surface area contributed by atoms with Crippen molar-refractivity contribution in [1.82, 2.24) is 10.5 Å². The molecule has 96 valence electrons. The maximum Gasteiger partial charge on any atom is 0.150 e. The smallest absolute Gasteiger partial charge is 0.150 e. The summed E-state index contributed by atoms with van der Waals surface area (Å²) in [6.07, 6.45) is 0.878. The fraction of sp³-hybridized carbons (Fsp3) is 0.357. The second-order valence-corrected chi connectivity index (χ2v) is 4.52. The van der Waals surface area contributed by atoms with Crippen molar-refractivity contribution in [3.05, 3.63) is 53.4 Å². The van der Waals surface area contributed by atoms with Gasteiger partial charge in [-0.3, -0.25) is 0 Å². The molecule has 2 aromatic rings. The molecule has 4 heteroatoms. The zero-order chi connectivity index (χ0) is 12.8. The number of nitrogens with one attached hydrogen (secondary N) is 1. The van der Waals surface area contributed by atoms with Gasteiger partial charge >= 0.3 is 0 Å². The van der Waals surface area contributed by atoms with E-state index in [0.717, 1.165) is 24.4 Å². The summed E-state index contributed by atoms with van der Waals surface area (Å²) < 4.78 is 5.11. The van der Waals surface area contributed by atoms with E-state index in [0.29, 0.717) is 6.54 Å². The predicted molar refractivity (Wildman–Crippen MR) is 71.1 cm³/mol. The van der Waals surface area contributed by atoms with Crippen LogP contribution in [0.15, 0.2) is 40.9 Å². The van der Waals surface area contributed by atoms with Crippen LogP contribution >= 0.6 is 0 Å². The number of hydrogen-bond donors (Lipinski definition) is 2. The minimum absolute atomic E-state index is 0.108. The molecule has 0 radical (unpaired) electrons. The number of aromatic nitrogens is 1. The number of nitrogens with zero attached hydrogens (tertiary/aromatic N) is 1.